The van der Waals surface area contributed by atoms with Crippen LogP contribution in [0.25, 0.3) is 0 Å². The molecular formula is C17H28N2O. The lowest BCUT2D eigenvalue weighted by molar-refractivity contribution is -0.121. The van der Waals surface area contributed by atoms with Crippen LogP contribution in [-0.2, 0) is 4.79 Å². The zero-order chi connectivity index (χ0) is 15.1. The standard InChI is InChI=1S/C15H22N2O.C2H6/c1-11-6-4-7-12(2)14(11)16-15(18)13-8-5-9-17(3)10-13;1-2/h4,6-7,13H,5,8-10H2,1-3H3,(H,16,18);1-2H3. The van der Waals surface area contributed by atoms with Crippen molar-refractivity contribution in [2.24, 2.45) is 5.92 Å². The summed E-state index contributed by atoms with van der Waals surface area (Å²) in [5.41, 5.74) is 3.25. The number of amides is 1. The summed E-state index contributed by atoms with van der Waals surface area (Å²) in [5.74, 6) is 0.293. The third-order valence-electron chi connectivity index (χ3n) is 3.72. The van der Waals surface area contributed by atoms with Gasteiger partial charge in [0.1, 0.15) is 0 Å². The van der Waals surface area contributed by atoms with E-state index in [1.165, 1.54) is 0 Å². The van der Waals surface area contributed by atoms with Gasteiger partial charge < -0.3 is 10.2 Å². The molecule has 1 N–H and O–H groups in total. The number of rotatable bonds is 2. The first-order chi connectivity index (χ1) is 9.58. The first-order valence-corrected chi connectivity index (χ1v) is 7.63. The molecule has 0 saturated carbocycles. The Morgan fingerprint density at radius 3 is 2.40 bits per heavy atom. The molecule has 1 aliphatic heterocycles. The summed E-state index contributed by atoms with van der Waals surface area (Å²) in [5, 5.41) is 3.10. The van der Waals surface area contributed by atoms with Gasteiger partial charge in [0.05, 0.1) is 5.92 Å². The molecule has 2 rings (SSSR count). The second-order valence-corrected chi connectivity index (χ2v) is 5.36. The van der Waals surface area contributed by atoms with Crippen molar-refractivity contribution < 1.29 is 4.79 Å². The Labute approximate surface area is 123 Å². The molecule has 0 aromatic heterocycles. The summed E-state index contributed by atoms with van der Waals surface area (Å²) in [6.07, 6.45) is 2.11. The number of hydrogen-bond acceptors (Lipinski definition) is 2. The molecule has 1 aromatic carbocycles. The number of anilines is 1. The van der Waals surface area contributed by atoms with Crippen LogP contribution in [0, 0.1) is 19.8 Å². The zero-order valence-corrected chi connectivity index (χ0v) is 13.5. The topological polar surface area (TPSA) is 32.3 Å². The van der Waals surface area contributed by atoms with Gasteiger partial charge in [-0.25, -0.2) is 0 Å². The molecule has 1 heterocycles. The van der Waals surface area contributed by atoms with Crippen molar-refractivity contribution in [3.05, 3.63) is 29.3 Å². The first kappa shape index (κ1) is 16.7. The van der Waals surface area contributed by atoms with E-state index in [2.05, 4.69) is 17.3 Å². The molecule has 1 aromatic rings. The summed E-state index contributed by atoms with van der Waals surface area (Å²) in [4.78, 5) is 14.5. The summed E-state index contributed by atoms with van der Waals surface area (Å²) >= 11 is 0. The molecule has 1 atom stereocenters. The molecule has 3 nitrogen and oxygen atoms in total. The van der Waals surface area contributed by atoms with Crippen LogP contribution in [-0.4, -0.2) is 30.9 Å². The van der Waals surface area contributed by atoms with Crippen LogP contribution in [0.2, 0.25) is 0 Å². The number of benzene rings is 1. The van der Waals surface area contributed by atoms with Gasteiger partial charge in [-0.3, -0.25) is 4.79 Å². The Balaban J connectivity index is 0.000000956. The van der Waals surface area contributed by atoms with E-state index in [1.807, 2.05) is 45.9 Å². The fourth-order valence-corrected chi connectivity index (χ4v) is 2.62. The summed E-state index contributed by atoms with van der Waals surface area (Å²) in [6.45, 7) is 10.1. The van der Waals surface area contributed by atoms with Gasteiger partial charge >= 0.3 is 0 Å². The van der Waals surface area contributed by atoms with Crippen molar-refractivity contribution in [2.45, 2.75) is 40.5 Å². The highest BCUT2D eigenvalue weighted by atomic mass is 16.1. The van der Waals surface area contributed by atoms with Crippen LogP contribution in [0.15, 0.2) is 18.2 Å². The lowest BCUT2D eigenvalue weighted by atomic mass is 9.97. The van der Waals surface area contributed by atoms with Gasteiger partial charge in [0.15, 0.2) is 0 Å². The van der Waals surface area contributed by atoms with Crippen LogP contribution in [0.3, 0.4) is 0 Å². The SMILES string of the molecule is CC.Cc1cccc(C)c1NC(=O)C1CCCN(C)C1. The number of nitrogens with zero attached hydrogens (tertiary/aromatic N) is 1. The van der Waals surface area contributed by atoms with E-state index >= 15 is 0 Å². The molecular weight excluding hydrogens is 248 g/mol. The molecule has 1 saturated heterocycles. The molecule has 1 aliphatic rings. The average Bonchev–Trinajstić information content (AvgIpc) is 2.45. The van der Waals surface area contributed by atoms with Gasteiger partial charge in [-0.05, 0) is 51.4 Å². The molecule has 1 fully saturated rings. The van der Waals surface area contributed by atoms with Crippen LogP contribution in [0.5, 0.6) is 0 Å². The third kappa shape index (κ3) is 4.34. The van der Waals surface area contributed by atoms with Crippen molar-refractivity contribution in [2.75, 3.05) is 25.5 Å². The van der Waals surface area contributed by atoms with Crippen LogP contribution in [0.4, 0.5) is 5.69 Å². The van der Waals surface area contributed by atoms with Gasteiger partial charge in [-0.15, -0.1) is 0 Å². The molecule has 1 unspecified atom stereocenters. The minimum absolute atomic E-state index is 0.128. The highest BCUT2D eigenvalue weighted by molar-refractivity contribution is 5.94. The molecule has 112 valence electrons. The Morgan fingerprint density at radius 1 is 1.25 bits per heavy atom. The second kappa shape index (κ2) is 8.05. The third-order valence-corrected chi connectivity index (χ3v) is 3.72. The number of carbonyl (C=O) groups excluding carboxylic acids is 1. The van der Waals surface area contributed by atoms with E-state index in [9.17, 15) is 4.79 Å². The summed E-state index contributed by atoms with van der Waals surface area (Å²) < 4.78 is 0. The van der Waals surface area contributed by atoms with Crippen molar-refractivity contribution >= 4 is 11.6 Å². The maximum atomic E-state index is 12.3. The van der Waals surface area contributed by atoms with E-state index in [4.69, 9.17) is 0 Å². The van der Waals surface area contributed by atoms with Crippen LogP contribution < -0.4 is 5.32 Å². The molecule has 0 bridgehead atoms. The second-order valence-electron chi connectivity index (χ2n) is 5.36. The van der Waals surface area contributed by atoms with Gasteiger partial charge in [0.2, 0.25) is 5.91 Å². The highest BCUT2D eigenvalue weighted by Crippen LogP contribution is 2.22. The predicted octanol–water partition coefficient (Wildman–Crippen LogP) is 3.61. The fraction of sp³-hybridized carbons (Fsp3) is 0.588. The number of likely N-dealkylation sites (tertiary alicyclic amines) is 1. The normalized spacial score (nSPS) is 18.9. The Hall–Kier alpha value is -1.35. The molecule has 3 heteroatoms. The Kier molecular flexibility index (Phi) is 6.73. The minimum Gasteiger partial charge on any atom is -0.325 e. The largest absolute Gasteiger partial charge is 0.325 e. The van der Waals surface area contributed by atoms with Crippen LogP contribution in [0.1, 0.15) is 37.8 Å². The Morgan fingerprint density at radius 2 is 1.85 bits per heavy atom. The summed E-state index contributed by atoms with van der Waals surface area (Å²) in [7, 11) is 2.08. The maximum Gasteiger partial charge on any atom is 0.228 e. The van der Waals surface area contributed by atoms with E-state index in [-0.39, 0.29) is 11.8 Å². The lowest BCUT2D eigenvalue weighted by Gasteiger charge is -2.29. The van der Waals surface area contributed by atoms with Gasteiger partial charge in [0, 0.05) is 12.2 Å². The first-order valence-electron chi connectivity index (χ1n) is 7.63. The number of piperidine rings is 1. The molecule has 0 spiro atoms. The predicted molar refractivity (Wildman–Crippen MR) is 86.1 cm³/mol. The molecule has 1 amide bonds. The zero-order valence-electron chi connectivity index (χ0n) is 13.5. The van der Waals surface area contributed by atoms with Crippen molar-refractivity contribution in [3.63, 3.8) is 0 Å². The smallest absolute Gasteiger partial charge is 0.228 e. The van der Waals surface area contributed by atoms with Crippen molar-refractivity contribution in [3.8, 4) is 0 Å². The van der Waals surface area contributed by atoms with Crippen molar-refractivity contribution in [1.82, 2.24) is 4.90 Å². The number of aryl methyl sites for hydroxylation is 2. The number of nitrogens with one attached hydrogen (secondary N) is 1. The van der Waals surface area contributed by atoms with Gasteiger partial charge in [0.25, 0.3) is 0 Å². The Bertz CT molecular complexity index is 422. The number of carbonyl (C=O) groups is 1. The van der Waals surface area contributed by atoms with Gasteiger partial charge in [-0.2, -0.15) is 0 Å². The number of hydrogen-bond donors (Lipinski definition) is 1. The molecule has 0 aliphatic carbocycles. The molecule has 0 radical (unpaired) electrons. The minimum atomic E-state index is 0.128. The van der Waals surface area contributed by atoms with Crippen LogP contribution >= 0.6 is 0 Å². The monoisotopic (exact) mass is 276 g/mol. The van der Waals surface area contributed by atoms with E-state index < -0.39 is 0 Å². The van der Waals surface area contributed by atoms with Gasteiger partial charge in [-0.1, -0.05) is 32.0 Å². The highest BCUT2D eigenvalue weighted by Gasteiger charge is 2.24. The van der Waals surface area contributed by atoms with E-state index in [0.29, 0.717) is 0 Å². The maximum absolute atomic E-state index is 12.3. The van der Waals surface area contributed by atoms with E-state index in [0.717, 1.165) is 42.7 Å². The quantitative estimate of drug-likeness (QED) is 0.895. The fourth-order valence-electron chi connectivity index (χ4n) is 2.62. The number of para-hydroxylation sites is 1. The molecule has 20 heavy (non-hydrogen) atoms. The van der Waals surface area contributed by atoms with Crippen molar-refractivity contribution in [1.29, 1.82) is 0 Å². The van der Waals surface area contributed by atoms with E-state index in [1.54, 1.807) is 0 Å². The average molecular weight is 276 g/mol. The summed E-state index contributed by atoms with van der Waals surface area (Å²) in [6, 6.07) is 6.10. The lowest BCUT2D eigenvalue weighted by Crippen LogP contribution is -2.38.